The average Bonchev–Trinajstić information content (AvgIpc) is 3.61. The van der Waals surface area contributed by atoms with E-state index in [4.69, 9.17) is 9.84 Å². The summed E-state index contributed by atoms with van der Waals surface area (Å²) in [5, 5.41) is 7.72. The lowest BCUT2D eigenvalue weighted by atomic mass is 10.0. The van der Waals surface area contributed by atoms with E-state index in [9.17, 15) is 18.4 Å². The van der Waals surface area contributed by atoms with Gasteiger partial charge in [-0.3, -0.25) is 14.5 Å². The summed E-state index contributed by atoms with van der Waals surface area (Å²) in [6, 6.07) is 12.4. The number of halogens is 2. The van der Waals surface area contributed by atoms with Crippen LogP contribution < -0.4 is 0 Å². The van der Waals surface area contributed by atoms with Crippen LogP contribution in [0, 0.1) is 37.3 Å². The molecule has 0 radical (unpaired) electrons. The number of benzene rings is 2. The minimum atomic E-state index is -0.745. The first kappa shape index (κ1) is 45.2. The Bertz CT molecular complexity index is 1120. The molecule has 2 aromatic carbocycles. The Hall–Kier alpha value is -2.84. The molecule has 2 aliphatic rings. The van der Waals surface area contributed by atoms with Crippen LogP contribution in [0.1, 0.15) is 110 Å². The van der Waals surface area contributed by atoms with Crippen molar-refractivity contribution in [1.82, 2.24) is 9.80 Å². The molecule has 2 unspecified atom stereocenters. The van der Waals surface area contributed by atoms with E-state index in [-0.39, 0.29) is 24.0 Å². The fourth-order valence-corrected chi connectivity index (χ4v) is 5.28. The second kappa shape index (κ2) is 27.0. The molecule has 2 aromatic rings. The molecule has 2 saturated heterocycles. The standard InChI is InChI=1S/C19H36N2O2.2C8H9F.C3H6O2.C2H6/c1-4-10-20(11-6-16(3)5-2)19(22)17-7-12-21(15-17)18-8-13-23-14-9-18;1-6-4-3-5-8(9)7(6)2;1-2-7-4-3-5-8(9)6-7;1-2-3(4)5;1-2/h16-18H,4-15H2,1-3H3;3-5H,1-2H3;3-6H,2H2,1H3;2H2,1H3,(H,4,5);1-2H3. The van der Waals surface area contributed by atoms with Gasteiger partial charge in [0.25, 0.3) is 0 Å². The van der Waals surface area contributed by atoms with E-state index in [2.05, 4.69) is 30.6 Å². The van der Waals surface area contributed by atoms with Crippen LogP contribution >= 0.6 is 0 Å². The number of hydrogen-bond donors (Lipinski definition) is 1. The SMILES string of the molecule is CC.CCC(=O)O.CCCN(CCC(C)CC)C(=O)C1CCN(C2CCOCC2)C1.CCc1cccc(F)c1.Cc1cccc(F)c1C. The largest absolute Gasteiger partial charge is 0.481 e. The Morgan fingerprint density at radius 3 is 2.08 bits per heavy atom. The first-order valence-electron chi connectivity index (χ1n) is 18.3. The van der Waals surface area contributed by atoms with E-state index >= 15 is 0 Å². The molecule has 2 atom stereocenters. The minimum Gasteiger partial charge on any atom is -0.481 e. The van der Waals surface area contributed by atoms with Gasteiger partial charge in [0.2, 0.25) is 5.91 Å². The van der Waals surface area contributed by atoms with E-state index in [1.54, 1.807) is 32.0 Å². The van der Waals surface area contributed by atoms with Crippen LogP contribution in [-0.4, -0.2) is 72.2 Å². The molecule has 4 rings (SSSR count). The highest BCUT2D eigenvalue weighted by molar-refractivity contribution is 5.79. The molecule has 2 aliphatic heterocycles. The second-order valence-electron chi connectivity index (χ2n) is 12.4. The van der Waals surface area contributed by atoms with Crippen molar-refractivity contribution in [2.75, 3.05) is 39.4 Å². The summed E-state index contributed by atoms with van der Waals surface area (Å²) < 4.78 is 30.4. The zero-order chi connectivity index (χ0) is 36.5. The Balaban J connectivity index is 0.000000722. The maximum absolute atomic E-state index is 12.9. The Morgan fingerprint density at radius 2 is 1.60 bits per heavy atom. The summed E-state index contributed by atoms with van der Waals surface area (Å²) in [6.07, 6.45) is 7.83. The number of nitrogens with zero attached hydrogens (tertiary/aromatic N) is 2. The molecule has 48 heavy (non-hydrogen) atoms. The smallest absolute Gasteiger partial charge is 0.303 e. The molecule has 0 bridgehead atoms. The molecule has 2 fully saturated rings. The third-order valence-electron chi connectivity index (χ3n) is 8.81. The van der Waals surface area contributed by atoms with Gasteiger partial charge in [-0.15, -0.1) is 0 Å². The fraction of sp³-hybridized carbons (Fsp3) is 0.650. The quantitative estimate of drug-likeness (QED) is 0.272. The zero-order valence-corrected chi connectivity index (χ0v) is 31.5. The number of aryl methyl sites for hydroxylation is 2. The zero-order valence-electron chi connectivity index (χ0n) is 31.5. The molecule has 6 nitrogen and oxygen atoms in total. The molecule has 2 heterocycles. The van der Waals surface area contributed by atoms with Crippen molar-refractivity contribution >= 4 is 11.9 Å². The van der Waals surface area contributed by atoms with Gasteiger partial charge in [-0.25, -0.2) is 8.78 Å². The monoisotopic (exact) mass is 676 g/mol. The molecular weight excluding hydrogens is 610 g/mol. The number of aliphatic carboxylic acids is 1. The van der Waals surface area contributed by atoms with Crippen LogP contribution in [0.5, 0.6) is 0 Å². The number of carbonyl (C=O) groups is 2. The Labute approximate surface area is 291 Å². The summed E-state index contributed by atoms with van der Waals surface area (Å²) in [4.78, 5) is 27.0. The lowest BCUT2D eigenvalue weighted by molar-refractivity contribution is -0.137. The summed E-state index contributed by atoms with van der Waals surface area (Å²) in [7, 11) is 0. The number of ether oxygens (including phenoxy) is 1. The van der Waals surface area contributed by atoms with Crippen molar-refractivity contribution < 1.29 is 28.2 Å². The molecule has 1 N–H and O–H groups in total. The van der Waals surface area contributed by atoms with Crippen molar-refractivity contribution in [3.05, 3.63) is 70.8 Å². The highest BCUT2D eigenvalue weighted by Crippen LogP contribution is 2.25. The number of rotatable bonds is 10. The van der Waals surface area contributed by atoms with Crippen molar-refractivity contribution in [1.29, 1.82) is 0 Å². The maximum Gasteiger partial charge on any atom is 0.303 e. The van der Waals surface area contributed by atoms with Gasteiger partial charge in [0.05, 0.1) is 5.92 Å². The first-order chi connectivity index (χ1) is 23.0. The number of carbonyl (C=O) groups excluding carboxylic acids is 1. The number of likely N-dealkylation sites (tertiary alicyclic amines) is 1. The number of amides is 1. The normalized spacial score (nSPS) is 16.4. The highest BCUT2D eigenvalue weighted by atomic mass is 19.1. The van der Waals surface area contributed by atoms with Gasteiger partial charge in [-0.1, -0.05) is 79.2 Å². The van der Waals surface area contributed by atoms with E-state index in [0.29, 0.717) is 17.9 Å². The van der Waals surface area contributed by atoms with Crippen LogP contribution in [0.15, 0.2) is 42.5 Å². The topological polar surface area (TPSA) is 70.1 Å². The van der Waals surface area contributed by atoms with Gasteiger partial charge in [0, 0.05) is 45.3 Å². The van der Waals surface area contributed by atoms with Crippen molar-refractivity contribution in [2.24, 2.45) is 11.8 Å². The van der Waals surface area contributed by atoms with Gasteiger partial charge < -0.3 is 14.7 Å². The van der Waals surface area contributed by atoms with E-state index in [0.717, 1.165) is 94.6 Å². The molecule has 0 aromatic heterocycles. The number of hydrogen-bond acceptors (Lipinski definition) is 4. The second-order valence-corrected chi connectivity index (χ2v) is 12.4. The van der Waals surface area contributed by atoms with Crippen LogP contribution in [0.2, 0.25) is 0 Å². The molecular formula is C40H66F2N2O4. The third kappa shape index (κ3) is 18.6. The van der Waals surface area contributed by atoms with Crippen molar-refractivity contribution in [2.45, 2.75) is 120 Å². The molecule has 0 saturated carbocycles. The predicted molar refractivity (Wildman–Crippen MR) is 195 cm³/mol. The van der Waals surface area contributed by atoms with Crippen LogP contribution in [0.25, 0.3) is 0 Å². The molecule has 0 aliphatic carbocycles. The summed E-state index contributed by atoms with van der Waals surface area (Å²) in [6.45, 7) is 23.7. The summed E-state index contributed by atoms with van der Waals surface area (Å²) >= 11 is 0. The minimum absolute atomic E-state index is 0.116. The Kier molecular flexibility index (Phi) is 25.4. The lowest BCUT2D eigenvalue weighted by Crippen LogP contribution is -2.41. The maximum atomic E-state index is 12.9. The first-order valence-corrected chi connectivity index (χ1v) is 18.3. The van der Waals surface area contributed by atoms with Gasteiger partial charge in [0.15, 0.2) is 0 Å². The molecule has 1 amide bonds. The number of carboxylic acids is 1. The van der Waals surface area contributed by atoms with Gasteiger partial charge in [0.1, 0.15) is 11.6 Å². The van der Waals surface area contributed by atoms with Gasteiger partial charge in [-0.2, -0.15) is 0 Å². The summed E-state index contributed by atoms with van der Waals surface area (Å²) in [5.74, 6) is 0.338. The highest BCUT2D eigenvalue weighted by Gasteiger charge is 2.34. The predicted octanol–water partition coefficient (Wildman–Crippen LogP) is 9.50. The van der Waals surface area contributed by atoms with E-state index in [1.807, 2.05) is 39.8 Å². The van der Waals surface area contributed by atoms with Crippen LogP contribution in [0.3, 0.4) is 0 Å². The van der Waals surface area contributed by atoms with Crippen molar-refractivity contribution in [3.63, 3.8) is 0 Å². The van der Waals surface area contributed by atoms with Crippen LogP contribution in [-0.2, 0) is 20.7 Å². The van der Waals surface area contributed by atoms with Crippen molar-refractivity contribution in [3.8, 4) is 0 Å². The average molecular weight is 677 g/mol. The van der Waals surface area contributed by atoms with Crippen LogP contribution in [0.4, 0.5) is 8.78 Å². The lowest BCUT2D eigenvalue weighted by Gasteiger charge is -2.31. The number of carboxylic acid groups (broad SMARTS) is 1. The fourth-order valence-electron chi connectivity index (χ4n) is 5.28. The molecule has 8 heteroatoms. The summed E-state index contributed by atoms with van der Waals surface area (Å²) in [5.41, 5.74) is 2.81. The van der Waals surface area contributed by atoms with Gasteiger partial charge >= 0.3 is 5.97 Å². The molecule has 0 spiro atoms. The van der Waals surface area contributed by atoms with E-state index < -0.39 is 5.97 Å². The third-order valence-corrected chi connectivity index (χ3v) is 8.81. The Morgan fingerprint density at radius 1 is 0.979 bits per heavy atom. The van der Waals surface area contributed by atoms with Gasteiger partial charge in [-0.05, 0) is 99.7 Å². The van der Waals surface area contributed by atoms with E-state index in [1.165, 1.54) is 18.6 Å². The molecule has 274 valence electrons.